The summed E-state index contributed by atoms with van der Waals surface area (Å²) in [6, 6.07) is 2.05. The molecule has 0 atom stereocenters. The summed E-state index contributed by atoms with van der Waals surface area (Å²) in [5.41, 5.74) is 16.6. The van der Waals surface area contributed by atoms with Crippen molar-refractivity contribution in [3.8, 4) is 0 Å². The van der Waals surface area contributed by atoms with Gasteiger partial charge in [-0.2, -0.15) is 12.6 Å². The van der Waals surface area contributed by atoms with E-state index in [1.807, 2.05) is 6.92 Å². The Labute approximate surface area is 84.7 Å². The van der Waals surface area contributed by atoms with Crippen LogP contribution in [0.25, 0.3) is 0 Å². The Bertz CT molecular complexity index is 321. The average Bonchev–Trinajstić information content (AvgIpc) is 2.12. The molecule has 3 heteroatoms. The Morgan fingerprint density at radius 1 is 1.31 bits per heavy atom. The summed E-state index contributed by atoms with van der Waals surface area (Å²) in [5, 5.41) is 0. The first kappa shape index (κ1) is 10.3. The summed E-state index contributed by atoms with van der Waals surface area (Å²) in [6.45, 7) is 4.09. The van der Waals surface area contributed by atoms with Gasteiger partial charge in [0.25, 0.3) is 0 Å². The van der Waals surface area contributed by atoms with Gasteiger partial charge in [0.15, 0.2) is 0 Å². The normalized spacial score (nSPS) is 10.4. The zero-order valence-corrected chi connectivity index (χ0v) is 8.99. The Kier molecular flexibility index (Phi) is 3.09. The second-order valence-corrected chi connectivity index (χ2v) is 3.49. The third-order valence-corrected chi connectivity index (χ3v) is 2.67. The van der Waals surface area contributed by atoms with Crippen molar-refractivity contribution in [2.24, 2.45) is 0 Å². The molecule has 0 amide bonds. The third kappa shape index (κ3) is 1.75. The molecule has 4 N–H and O–H groups in total. The number of nitrogen functional groups attached to an aromatic ring is 2. The number of rotatable bonds is 2. The molecule has 0 fully saturated rings. The molecule has 0 spiro atoms. The maximum absolute atomic E-state index is 5.95. The van der Waals surface area contributed by atoms with Crippen molar-refractivity contribution in [1.29, 1.82) is 0 Å². The topological polar surface area (TPSA) is 52.0 Å². The number of thiol groups is 1. The van der Waals surface area contributed by atoms with Crippen molar-refractivity contribution in [3.63, 3.8) is 0 Å². The van der Waals surface area contributed by atoms with E-state index in [0.717, 1.165) is 34.5 Å². The van der Waals surface area contributed by atoms with Gasteiger partial charge >= 0.3 is 0 Å². The Morgan fingerprint density at radius 3 is 2.38 bits per heavy atom. The van der Waals surface area contributed by atoms with E-state index in [1.165, 1.54) is 0 Å². The summed E-state index contributed by atoms with van der Waals surface area (Å²) in [6.07, 6.45) is 0.938. The summed E-state index contributed by atoms with van der Waals surface area (Å²) < 4.78 is 0. The van der Waals surface area contributed by atoms with E-state index in [1.54, 1.807) is 0 Å². The first-order valence-electron chi connectivity index (χ1n) is 4.39. The standard InChI is InChI=1S/C10H16N2S/c1-3-7-4-6(2)9(11)8(5-13)10(7)12/h4,13H,3,5,11-12H2,1-2H3. The number of benzene rings is 1. The van der Waals surface area contributed by atoms with Gasteiger partial charge in [0.05, 0.1) is 0 Å². The minimum atomic E-state index is 0.604. The maximum atomic E-state index is 5.95. The van der Waals surface area contributed by atoms with Gasteiger partial charge in [-0.25, -0.2) is 0 Å². The summed E-state index contributed by atoms with van der Waals surface area (Å²) >= 11 is 4.22. The van der Waals surface area contributed by atoms with E-state index in [-0.39, 0.29) is 0 Å². The quantitative estimate of drug-likeness (QED) is 0.501. The number of hydrogen-bond acceptors (Lipinski definition) is 3. The largest absolute Gasteiger partial charge is 0.398 e. The lowest BCUT2D eigenvalue weighted by Crippen LogP contribution is -2.04. The van der Waals surface area contributed by atoms with Crippen molar-refractivity contribution in [2.45, 2.75) is 26.0 Å². The maximum Gasteiger partial charge on any atom is 0.0408 e. The Balaban J connectivity index is 3.39. The summed E-state index contributed by atoms with van der Waals surface area (Å²) in [5.74, 6) is 0.604. The molecule has 1 aromatic rings. The second kappa shape index (κ2) is 3.92. The lowest BCUT2D eigenvalue weighted by atomic mass is 10.0. The molecular formula is C10H16N2S. The van der Waals surface area contributed by atoms with Gasteiger partial charge < -0.3 is 11.5 Å². The van der Waals surface area contributed by atoms with Gasteiger partial charge in [-0.15, -0.1) is 0 Å². The van der Waals surface area contributed by atoms with Gasteiger partial charge in [-0.3, -0.25) is 0 Å². The number of nitrogens with two attached hydrogens (primary N) is 2. The third-order valence-electron chi connectivity index (χ3n) is 2.35. The van der Waals surface area contributed by atoms with Crippen LogP contribution >= 0.6 is 12.6 Å². The van der Waals surface area contributed by atoms with Crippen LogP contribution in [-0.2, 0) is 12.2 Å². The molecule has 0 radical (unpaired) electrons. The fourth-order valence-electron chi connectivity index (χ4n) is 1.46. The first-order valence-corrected chi connectivity index (χ1v) is 5.02. The highest BCUT2D eigenvalue weighted by Crippen LogP contribution is 2.28. The summed E-state index contributed by atoms with van der Waals surface area (Å²) in [4.78, 5) is 0. The zero-order chi connectivity index (χ0) is 10.0. The highest BCUT2D eigenvalue weighted by Gasteiger charge is 2.09. The molecule has 0 aromatic heterocycles. The molecule has 0 aliphatic rings. The highest BCUT2D eigenvalue weighted by molar-refractivity contribution is 7.79. The molecule has 0 aliphatic heterocycles. The molecule has 0 saturated heterocycles. The van der Waals surface area contributed by atoms with Crippen LogP contribution in [0.3, 0.4) is 0 Å². The SMILES string of the molecule is CCc1cc(C)c(N)c(CS)c1N. The molecule has 2 nitrogen and oxygen atoms in total. The van der Waals surface area contributed by atoms with Crippen molar-refractivity contribution < 1.29 is 0 Å². The number of hydrogen-bond donors (Lipinski definition) is 3. The Hall–Kier alpha value is -0.830. The fourth-order valence-corrected chi connectivity index (χ4v) is 1.80. The predicted octanol–water partition coefficient (Wildman–Crippen LogP) is 2.15. The van der Waals surface area contributed by atoms with Crippen molar-refractivity contribution in [2.75, 3.05) is 11.5 Å². The minimum Gasteiger partial charge on any atom is -0.398 e. The van der Waals surface area contributed by atoms with E-state index < -0.39 is 0 Å². The molecule has 0 unspecified atom stereocenters. The van der Waals surface area contributed by atoms with Crippen molar-refractivity contribution in [3.05, 3.63) is 22.8 Å². The molecule has 1 aromatic carbocycles. The number of anilines is 2. The van der Waals surface area contributed by atoms with E-state index >= 15 is 0 Å². The van der Waals surface area contributed by atoms with Gasteiger partial charge in [0.1, 0.15) is 0 Å². The van der Waals surface area contributed by atoms with Gasteiger partial charge in [0, 0.05) is 22.7 Å². The lowest BCUT2D eigenvalue weighted by molar-refractivity contribution is 1.13. The first-order chi connectivity index (χ1) is 6.11. The van der Waals surface area contributed by atoms with Crippen molar-refractivity contribution in [1.82, 2.24) is 0 Å². The molecular weight excluding hydrogens is 180 g/mol. The molecule has 0 heterocycles. The second-order valence-electron chi connectivity index (χ2n) is 3.17. The molecule has 0 bridgehead atoms. The van der Waals surface area contributed by atoms with Gasteiger partial charge in [0.2, 0.25) is 0 Å². The van der Waals surface area contributed by atoms with Crippen LogP contribution in [0.2, 0.25) is 0 Å². The van der Waals surface area contributed by atoms with Crippen LogP contribution in [0.1, 0.15) is 23.6 Å². The minimum absolute atomic E-state index is 0.604. The van der Waals surface area contributed by atoms with E-state index in [4.69, 9.17) is 11.5 Å². The van der Waals surface area contributed by atoms with Crippen LogP contribution in [0.5, 0.6) is 0 Å². The number of aryl methyl sites for hydroxylation is 2. The van der Waals surface area contributed by atoms with E-state index in [2.05, 4.69) is 25.6 Å². The Morgan fingerprint density at radius 2 is 1.92 bits per heavy atom. The molecule has 0 saturated carbocycles. The van der Waals surface area contributed by atoms with Crippen LogP contribution in [0.15, 0.2) is 6.07 Å². The van der Waals surface area contributed by atoms with Crippen molar-refractivity contribution >= 4 is 24.0 Å². The zero-order valence-electron chi connectivity index (χ0n) is 8.09. The van der Waals surface area contributed by atoms with Crippen LogP contribution in [-0.4, -0.2) is 0 Å². The van der Waals surface area contributed by atoms with Crippen LogP contribution < -0.4 is 11.5 Å². The smallest absolute Gasteiger partial charge is 0.0408 e. The highest BCUT2D eigenvalue weighted by atomic mass is 32.1. The monoisotopic (exact) mass is 196 g/mol. The molecule has 0 aliphatic carbocycles. The van der Waals surface area contributed by atoms with Gasteiger partial charge in [-0.05, 0) is 24.5 Å². The fraction of sp³-hybridized carbons (Fsp3) is 0.400. The van der Waals surface area contributed by atoms with Crippen LogP contribution in [0.4, 0.5) is 11.4 Å². The van der Waals surface area contributed by atoms with Crippen LogP contribution in [0, 0.1) is 6.92 Å². The lowest BCUT2D eigenvalue weighted by Gasteiger charge is -2.13. The molecule has 1 rings (SSSR count). The average molecular weight is 196 g/mol. The summed E-state index contributed by atoms with van der Waals surface area (Å²) in [7, 11) is 0. The van der Waals surface area contributed by atoms with E-state index in [9.17, 15) is 0 Å². The molecule has 72 valence electrons. The van der Waals surface area contributed by atoms with E-state index in [0.29, 0.717) is 5.75 Å². The van der Waals surface area contributed by atoms with Gasteiger partial charge in [-0.1, -0.05) is 13.0 Å². The molecule has 13 heavy (non-hydrogen) atoms. The predicted molar refractivity (Wildman–Crippen MR) is 62.1 cm³/mol.